The Balaban J connectivity index is 1.86. The van der Waals surface area contributed by atoms with Crippen molar-refractivity contribution < 1.29 is 14.0 Å². The van der Waals surface area contributed by atoms with Crippen molar-refractivity contribution in [3.05, 3.63) is 48.4 Å². The highest BCUT2D eigenvalue weighted by atomic mass is 19.1. The van der Waals surface area contributed by atoms with Crippen molar-refractivity contribution in [1.82, 2.24) is 4.98 Å². The number of halogens is 1. The molecule has 6 nitrogen and oxygen atoms in total. The van der Waals surface area contributed by atoms with Crippen LogP contribution in [0.25, 0.3) is 0 Å². The van der Waals surface area contributed by atoms with Gasteiger partial charge in [0.05, 0.1) is 17.9 Å². The molecular formula is C18H19FN4O2. The predicted molar refractivity (Wildman–Crippen MR) is 94.1 cm³/mol. The monoisotopic (exact) mass is 342 g/mol. The second-order valence-corrected chi connectivity index (χ2v) is 6.06. The van der Waals surface area contributed by atoms with Crippen molar-refractivity contribution in [3.63, 3.8) is 0 Å². The van der Waals surface area contributed by atoms with Crippen molar-refractivity contribution in [1.29, 1.82) is 0 Å². The summed E-state index contributed by atoms with van der Waals surface area (Å²) in [5.41, 5.74) is 1.27. The van der Waals surface area contributed by atoms with Gasteiger partial charge in [0.1, 0.15) is 5.82 Å². The lowest BCUT2D eigenvalue weighted by Crippen LogP contribution is -2.44. The van der Waals surface area contributed by atoms with E-state index in [0.717, 1.165) is 0 Å². The van der Waals surface area contributed by atoms with Crippen LogP contribution in [0.3, 0.4) is 0 Å². The molecule has 2 aromatic rings. The van der Waals surface area contributed by atoms with E-state index in [1.165, 1.54) is 6.07 Å². The molecule has 1 atom stereocenters. The van der Waals surface area contributed by atoms with Gasteiger partial charge < -0.3 is 15.1 Å². The first-order chi connectivity index (χ1) is 12.0. The van der Waals surface area contributed by atoms with Crippen molar-refractivity contribution in [2.45, 2.75) is 19.4 Å². The van der Waals surface area contributed by atoms with Gasteiger partial charge in [-0.2, -0.15) is 4.39 Å². The zero-order valence-corrected chi connectivity index (χ0v) is 14.1. The minimum absolute atomic E-state index is 0.0172. The number of anilines is 3. The van der Waals surface area contributed by atoms with Crippen LogP contribution in [0.4, 0.5) is 21.6 Å². The van der Waals surface area contributed by atoms with Gasteiger partial charge in [-0.15, -0.1) is 0 Å². The number of carbonyl (C=O) groups excluding carboxylic acids is 2. The molecule has 1 aromatic carbocycles. The van der Waals surface area contributed by atoms with E-state index in [0.29, 0.717) is 17.2 Å². The van der Waals surface area contributed by atoms with Crippen molar-refractivity contribution in [2.24, 2.45) is 0 Å². The van der Waals surface area contributed by atoms with E-state index in [9.17, 15) is 14.0 Å². The van der Waals surface area contributed by atoms with E-state index in [2.05, 4.69) is 10.3 Å². The molecule has 1 aliphatic heterocycles. The maximum atomic E-state index is 13.3. The van der Waals surface area contributed by atoms with Crippen LogP contribution in [-0.2, 0) is 9.59 Å². The number of carbonyl (C=O) groups is 2. The highest BCUT2D eigenvalue weighted by Crippen LogP contribution is 2.31. The Labute approximate surface area is 145 Å². The smallest absolute Gasteiger partial charge is 0.246 e. The van der Waals surface area contributed by atoms with E-state index in [4.69, 9.17) is 0 Å². The molecule has 0 saturated carbocycles. The summed E-state index contributed by atoms with van der Waals surface area (Å²) in [5, 5.41) is 2.82. The average molecular weight is 342 g/mol. The van der Waals surface area contributed by atoms with Crippen LogP contribution in [0.15, 0.2) is 42.5 Å². The molecule has 0 spiro atoms. The van der Waals surface area contributed by atoms with Gasteiger partial charge in [-0.1, -0.05) is 18.2 Å². The third-order valence-electron chi connectivity index (χ3n) is 4.09. The SMILES string of the molecule is CC1CC(=O)Nc2ccccc2N1C(=O)CN(C)c1cccc(F)n1. The maximum Gasteiger partial charge on any atom is 0.246 e. The van der Waals surface area contributed by atoms with E-state index >= 15 is 0 Å². The van der Waals surface area contributed by atoms with Gasteiger partial charge in [0.15, 0.2) is 0 Å². The summed E-state index contributed by atoms with van der Waals surface area (Å²) in [4.78, 5) is 31.9. The molecule has 0 radical (unpaired) electrons. The minimum atomic E-state index is -0.597. The molecule has 1 aromatic heterocycles. The highest BCUT2D eigenvalue weighted by molar-refractivity contribution is 6.05. The van der Waals surface area contributed by atoms with Crippen LogP contribution in [0.1, 0.15) is 13.3 Å². The van der Waals surface area contributed by atoms with Crippen LogP contribution in [0, 0.1) is 5.95 Å². The lowest BCUT2D eigenvalue weighted by atomic mass is 10.1. The molecule has 1 unspecified atom stereocenters. The molecule has 130 valence electrons. The topological polar surface area (TPSA) is 65.5 Å². The van der Waals surface area contributed by atoms with Crippen LogP contribution in [0.5, 0.6) is 0 Å². The number of hydrogen-bond donors (Lipinski definition) is 1. The summed E-state index contributed by atoms with van der Waals surface area (Å²) in [6.07, 6.45) is 0.211. The molecule has 0 bridgehead atoms. The Morgan fingerprint density at radius 3 is 2.84 bits per heavy atom. The van der Waals surface area contributed by atoms with Gasteiger partial charge in [0.25, 0.3) is 0 Å². The van der Waals surface area contributed by atoms with E-state index in [-0.39, 0.29) is 30.8 Å². The van der Waals surface area contributed by atoms with Crippen molar-refractivity contribution in [3.8, 4) is 0 Å². The van der Waals surface area contributed by atoms with Gasteiger partial charge in [-0.25, -0.2) is 4.98 Å². The van der Waals surface area contributed by atoms with Gasteiger partial charge in [-0.05, 0) is 31.2 Å². The number of pyridine rings is 1. The fraction of sp³-hybridized carbons (Fsp3) is 0.278. The Bertz CT molecular complexity index is 811. The molecular weight excluding hydrogens is 323 g/mol. The summed E-state index contributed by atoms with van der Waals surface area (Å²) < 4.78 is 13.3. The highest BCUT2D eigenvalue weighted by Gasteiger charge is 2.30. The third-order valence-corrected chi connectivity index (χ3v) is 4.09. The van der Waals surface area contributed by atoms with Crippen molar-refractivity contribution in [2.75, 3.05) is 28.7 Å². The number of nitrogens with zero attached hydrogens (tertiary/aromatic N) is 3. The lowest BCUT2D eigenvalue weighted by molar-refractivity contribution is -0.118. The van der Waals surface area contributed by atoms with Crippen LogP contribution in [-0.4, -0.2) is 36.4 Å². The second kappa shape index (κ2) is 6.88. The summed E-state index contributed by atoms with van der Waals surface area (Å²) in [6, 6.07) is 11.3. The Hall–Kier alpha value is -2.96. The molecule has 3 rings (SSSR count). The van der Waals surface area contributed by atoms with Crippen LogP contribution in [0.2, 0.25) is 0 Å². The number of fused-ring (bicyclic) bond motifs is 1. The Kier molecular flexibility index (Phi) is 4.65. The first-order valence-corrected chi connectivity index (χ1v) is 8.00. The molecule has 25 heavy (non-hydrogen) atoms. The fourth-order valence-electron chi connectivity index (χ4n) is 2.94. The third kappa shape index (κ3) is 3.60. The molecule has 1 N–H and O–H groups in total. The Morgan fingerprint density at radius 1 is 1.32 bits per heavy atom. The van der Waals surface area contributed by atoms with Crippen LogP contribution < -0.4 is 15.1 Å². The zero-order chi connectivity index (χ0) is 18.0. The number of nitrogens with one attached hydrogen (secondary N) is 1. The number of benzene rings is 1. The molecule has 2 heterocycles. The summed E-state index contributed by atoms with van der Waals surface area (Å²) >= 11 is 0. The van der Waals surface area contributed by atoms with E-state index in [1.807, 2.05) is 13.0 Å². The zero-order valence-electron chi connectivity index (χ0n) is 14.1. The number of rotatable bonds is 3. The van der Waals surface area contributed by atoms with Crippen LogP contribution >= 0.6 is 0 Å². The number of hydrogen-bond acceptors (Lipinski definition) is 4. The normalized spacial score (nSPS) is 16.7. The van der Waals surface area contributed by atoms with Gasteiger partial charge in [0, 0.05) is 19.5 Å². The van der Waals surface area contributed by atoms with E-state index in [1.54, 1.807) is 47.2 Å². The predicted octanol–water partition coefficient (Wildman–Crippen LogP) is 2.42. The van der Waals surface area contributed by atoms with Gasteiger partial charge in [0.2, 0.25) is 17.8 Å². The van der Waals surface area contributed by atoms with E-state index < -0.39 is 5.95 Å². The van der Waals surface area contributed by atoms with Gasteiger partial charge in [-0.3, -0.25) is 9.59 Å². The number of likely N-dealkylation sites (N-methyl/N-ethyl adjacent to an activating group) is 1. The molecule has 0 fully saturated rings. The standard InChI is InChI=1S/C18H19FN4O2/c1-12-10-17(24)20-13-6-3-4-7-14(13)23(12)18(25)11-22(2)16-9-5-8-15(19)21-16/h3-9,12H,10-11H2,1-2H3,(H,20,24). The number of aromatic nitrogens is 1. The quantitative estimate of drug-likeness (QED) is 0.870. The number of para-hydroxylation sites is 2. The molecule has 0 aliphatic carbocycles. The molecule has 0 saturated heterocycles. The largest absolute Gasteiger partial charge is 0.350 e. The molecule has 2 amide bonds. The van der Waals surface area contributed by atoms with Crippen molar-refractivity contribution >= 4 is 29.0 Å². The summed E-state index contributed by atoms with van der Waals surface area (Å²) in [7, 11) is 1.68. The average Bonchev–Trinajstić information content (AvgIpc) is 2.68. The summed E-state index contributed by atoms with van der Waals surface area (Å²) in [5.74, 6) is -0.543. The fourth-order valence-corrected chi connectivity index (χ4v) is 2.94. The first kappa shape index (κ1) is 16.9. The Morgan fingerprint density at radius 2 is 2.08 bits per heavy atom. The second-order valence-electron chi connectivity index (χ2n) is 6.06. The molecule has 7 heteroatoms. The summed E-state index contributed by atoms with van der Waals surface area (Å²) in [6.45, 7) is 1.85. The molecule has 1 aliphatic rings. The number of amides is 2. The lowest BCUT2D eigenvalue weighted by Gasteiger charge is -2.30. The van der Waals surface area contributed by atoms with Gasteiger partial charge >= 0.3 is 0 Å². The maximum absolute atomic E-state index is 13.3. The minimum Gasteiger partial charge on any atom is -0.350 e. The first-order valence-electron chi connectivity index (χ1n) is 8.00.